The number of aromatic nitrogens is 5. The standard InChI is InChI=1S/C30H26F3N5O2/c1-3-26(21-14-22(31)16-23(32)15-21)38-28(25-11-12-37(4-2)36-25)35-29(39)24(30(38)40)13-18-5-7-19(8-6-18)20-9-10-27(33)34-17-20/h5-12,14-17,26,40H,3-4,13H2,1-2H3. The van der Waals surface area contributed by atoms with Crippen LogP contribution in [0.1, 0.15) is 43.0 Å². The van der Waals surface area contributed by atoms with Crippen LogP contribution in [0.25, 0.3) is 22.6 Å². The Morgan fingerprint density at radius 3 is 2.23 bits per heavy atom. The average Bonchev–Trinajstić information content (AvgIpc) is 3.42. The molecule has 0 saturated carbocycles. The van der Waals surface area contributed by atoms with Crippen molar-refractivity contribution in [1.82, 2.24) is 24.3 Å². The molecule has 0 bridgehead atoms. The number of aromatic hydroxyl groups is 1. The van der Waals surface area contributed by atoms with Gasteiger partial charge < -0.3 is 5.11 Å². The largest absolute Gasteiger partial charge is 0.494 e. The van der Waals surface area contributed by atoms with Gasteiger partial charge in [0, 0.05) is 37.0 Å². The summed E-state index contributed by atoms with van der Waals surface area (Å²) in [6, 6.07) is 14.2. The van der Waals surface area contributed by atoms with E-state index in [0.29, 0.717) is 24.2 Å². The van der Waals surface area contributed by atoms with E-state index in [4.69, 9.17) is 0 Å². The van der Waals surface area contributed by atoms with Crippen molar-refractivity contribution in [3.8, 4) is 28.5 Å². The highest BCUT2D eigenvalue weighted by Gasteiger charge is 2.26. The number of hydrogen-bond donors (Lipinski definition) is 1. The summed E-state index contributed by atoms with van der Waals surface area (Å²) in [7, 11) is 0. The number of halogens is 3. The Balaban J connectivity index is 1.61. The van der Waals surface area contributed by atoms with Gasteiger partial charge in [0.1, 0.15) is 17.3 Å². The highest BCUT2D eigenvalue weighted by atomic mass is 19.1. The fourth-order valence-electron chi connectivity index (χ4n) is 4.75. The Morgan fingerprint density at radius 1 is 0.925 bits per heavy atom. The van der Waals surface area contributed by atoms with Crippen molar-refractivity contribution in [2.45, 2.75) is 39.3 Å². The highest BCUT2D eigenvalue weighted by Crippen LogP contribution is 2.34. The van der Waals surface area contributed by atoms with Crippen molar-refractivity contribution in [2.24, 2.45) is 0 Å². The third-order valence-corrected chi connectivity index (χ3v) is 6.75. The van der Waals surface area contributed by atoms with Crippen LogP contribution in [0.4, 0.5) is 13.2 Å². The maximum absolute atomic E-state index is 14.2. The van der Waals surface area contributed by atoms with E-state index in [0.717, 1.165) is 17.2 Å². The smallest absolute Gasteiger partial charge is 0.280 e. The first kappa shape index (κ1) is 26.9. The molecule has 5 rings (SSSR count). The number of hydrogen-bond acceptors (Lipinski definition) is 5. The van der Waals surface area contributed by atoms with Crippen LogP contribution in [-0.4, -0.2) is 29.4 Å². The van der Waals surface area contributed by atoms with Crippen LogP contribution >= 0.6 is 0 Å². The predicted octanol–water partition coefficient (Wildman–Crippen LogP) is 5.90. The first-order chi connectivity index (χ1) is 19.3. The number of nitrogens with zero attached hydrogens (tertiary/aromatic N) is 5. The first-order valence-corrected chi connectivity index (χ1v) is 12.8. The number of pyridine rings is 1. The Hall–Kier alpha value is -4.73. The monoisotopic (exact) mass is 545 g/mol. The van der Waals surface area contributed by atoms with Crippen LogP contribution in [0.15, 0.2) is 77.9 Å². The molecule has 0 spiro atoms. The molecule has 1 unspecified atom stereocenters. The molecule has 0 fully saturated rings. The fourth-order valence-corrected chi connectivity index (χ4v) is 4.75. The normalized spacial score (nSPS) is 12.0. The second kappa shape index (κ2) is 11.2. The van der Waals surface area contributed by atoms with E-state index in [1.807, 2.05) is 26.0 Å². The highest BCUT2D eigenvalue weighted by molar-refractivity contribution is 5.62. The summed E-state index contributed by atoms with van der Waals surface area (Å²) in [5, 5.41) is 16.0. The molecule has 1 atom stereocenters. The van der Waals surface area contributed by atoms with Gasteiger partial charge in [-0.2, -0.15) is 14.5 Å². The molecule has 0 radical (unpaired) electrons. The van der Waals surface area contributed by atoms with Crippen molar-refractivity contribution in [1.29, 1.82) is 0 Å². The van der Waals surface area contributed by atoms with Gasteiger partial charge in [-0.3, -0.25) is 14.0 Å². The minimum atomic E-state index is -0.754. The Morgan fingerprint density at radius 2 is 1.62 bits per heavy atom. The zero-order valence-electron chi connectivity index (χ0n) is 21.9. The summed E-state index contributed by atoms with van der Waals surface area (Å²) >= 11 is 0. The number of benzene rings is 2. The quantitative estimate of drug-likeness (QED) is 0.245. The topological polar surface area (TPSA) is 85.8 Å². The molecule has 1 N–H and O–H groups in total. The van der Waals surface area contributed by atoms with Crippen LogP contribution in [0.2, 0.25) is 0 Å². The van der Waals surface area contributed by atoms with Crippen LogP contribution in [0.5, 0.6) is 5.88 Å². The summed E-state index contributed by atoms with van der Waals surface area (Å²) in [4.78, 5) is 21.2. The molecule has 5 aromatic rings. The second-order valence-corrected chi connectivity index (χ2v) is 9.34. The maximum atomic E-state index is 14.2. The molecule has 40 heavy (non-hydrogen) atoms. The van der Waals surface area contributed by atoms with Crippen molar-refractivity contribution in [2.75, 3.05) is 0 Å². The zero-order chi connectivity index (χ0) is 28.4. The van der Waals surface area contributed by atoms with E-state index in [2.05, 4.69) is 15.1 Å². The van der Waals surface area contributed by atoms with E-state index in [9.17, 15) is 23.1 Å². The van der Waals surface area contributed by atoms with E-state index in [1.54, 1.807) is 35.1 Å². The van der Waals surface area contributed by atoms with Gasteiger partial charge in [-0.15, -0.1) is 0 Å². The molecule has 0 aliphatic carbocycles. The molecule has 0 amide bonds. The van der Waals surface area contributed by atoms with E-state index in [1.165, 1.54) is 29.0 Å². The lowest BCUT2D eigenvalue weighted by Gasteiger charge is -2.25. The lowest BCUT2D eigenvalue weighted by atomic mass is 10.0. The van der Waals surface area contributed by atoms with Crippen molar-refractivity contribution in [3.63, 3.8) is 0 Å². The lowest BCUT2D eigenvalue weighted by Crippen LogP contribution is -2.24. The minimum absolute atomic E-state index is 0.0326. The summed E-state index contributed by atoms with van der Waals surface area (Å²) in [6.07, 6.45) is 3.54. The van der Waals surface area contributed by atoms with Gasteiger partial charge in [0.05, 0.1) is 11.6 Å². The minimum Gasteiger partial charge on any atom is -0.494 e. The van der Waals surface area contributed by atoms with Crippen molar-refractivity contribution >= 4 is 0 Å². The Labute approximate surface area is 228 Å². The van der Waals surface area contributed by atoms with E-state index < -0.39 is 29.2 Å². The summed E-state index contributed by atoms with van der Waals surface area (Å²) in [6.45, 7) is 4.28. The molecule has 2 aromatic carbocycles. The molecule has 0 aliphatic rings. The van der Waals surface area contributed by atoms with Crippen LogP contribution in [-0.2, 0) is 13.0 Å². The third-order valence-electron chi connectivity index (χ3n) is 6.75. The first-order valence-electron chi connectivity index (χ1n) is 12.8. The van der Waals surface area contributed by atoms with Gasteiger partial charge in [-0.05, 0) is 60.4 Å². The molecule has 7 nitrogen and oxygen atoms in total. The van der Waals surface area contributed by atoms with Gasteiger partial charge in [-0.1, -0.05) is 31.2 Å². The maximum Gasteiger partial charge on any atom is 0.280 e. The molecule has 3 heterocycles. The summed E-state index contributed by atoms with van der Waals surface area (Å²) in [5.74, 6) is -2.35. The van der Waals surface area contributed by atoms with Crippen LogP contribution < -0.4 is 5.56 Å². The van der Waals surface area contributed by atoms with Gasteiger partial charge >= 0.3 is 0 Å². The third kappa shape index (κ3) is 5.38. The predicted molar refractivity (Wildman–Crippen MR) is 144 cm³/mol. The molecule has 3 aromatic heterocycles. The molecule has 0 saturated heterocycles. The molecule has 10 heteroatoms. The lowest BCUT2D eigenvalue weighted by molar-refractivity contribution is 0.381. The zero-order valence-corrected chi connectivity index (χ0v) is 21.9. The van der Waals surface area contributed by atoms with E-state index in [-0.39, 0.29) is 29.3 Å². The SMILES string of the molecule is CCC(c1cc(F)cc(F)c1)n1c(-c2ccn(CC)n2)nc(=O)c(Cc2ccc(-c3ccc(F)nc3)cc2)c1O. The average molecular weight is 546 g/mol. The van der Waals surface area contributed by atoms with Crippen LogP contribution in [0, 0.1) is 17.6 Å². The molecular weight excluding hydrogens is 519 g/mol. The molecule has 204 valence electrons. The molecule has 0 aliphatic heterocycles. The van der Waals surface area contributed by atoms with E-state index >= 15 is 0 Å². The van der Waals surface area contributed by atoms with Crippen molar-refractivity contribution in [3.05, 3.63) is 118 Å². The Bertz CT molecular complexity index is 1690. The summed E-state index contributed by atoms with van der Waals surface area (Å²) < 4.78 is 44.7. The fraction of sp³-hybridized carbons (Fsp3) is 0.200. The second-order valence-electron chi connectivity index (χ2n) is 9.34. The van der Waals surface area contributed by atoms with Gasteiger partial charge in [-0.25, -0.2) is 13.8 Å². The summed E-state index contributed by atoms with van der Waals surface area (Å²) in [5.41, 5.74) is 2.26. The Kier molecular flexibility index (Phi) is 7.50. The van der Waals surface area contributed by atoms with Crippen LogP contribution in [0.3, 0.4) is 0 Å². The van der Waals surface area contributed by atoms with Gasteiger partial charge in [0.2, 0.25) is 11.8 Å². The molecular formula is C30H26F3N5O2. The van der Waals surface area contributed by atoms with Gasteiger partial charge in [0.15, 0.2) is 5.82 Å². The number of aryl methyl sites for hydroxylation is 1. The number of rotatable bonds is 8. The van der Waals surface area contributed by atoms with Crippen molar-refractivity contribution < 1.29 is 18.3 Å². The van der Waals surface area contributed by atoms with Gasteiger partial charge in [0.25, 0.3) is 5.56 Å².